The molecule has 6 nitrogen and oxygen atoms in total. The van der Waals surface area contributed by atoms with Crippen molar-refractivity contribution in [2.24, 2.45) is 5.92 Å². The third-order valence-corrected chi connectivity index (χ3v) is 6.54. The Hall–Kier alpha value is -3.93. The monoisotopic (exact) mass is 467 g/mol. The molecule has 1 N–H and O–H groups in total. The summed E-state index contributed by atoms with van der Waals surface area (Å²) in [4.78, 5) is 16.7. The number of benzene rings is 3. The van der Waals surface area contributed by atoms with Crippen molar-refractivity contribution in [1.29, 1.82) is 0 Å². The van der Waals surface area contributed by atoms with Gasteiger partial charge in [0.15, 0.2) is 0 Å². The Balaban J connectivity index is 1.29. The van der Waals surface area contributed by atoms with E-state index in [1.807, 2.05) is 43.3 Å². The number of rotatable bonds is 7. The molecule has 0 aliphatic heterocycles. The number of carbonyl (C=O) groups is 1. The molecule has 0 bridgehead atoms. The Morgan fingerprint density at radius 2 is 1.77 bits per heavy atom. The van der Waals surface area contributed by atoms with Gasteiger partial charge in [0.05, 0.1) is 12.5 Å². The molecule has 3 aromatic carbocycles. The Bertz CT molecular complexity index is 1320. The second-order valence-electron chi connectivity index (χ2n) is 9.00. The number of hydrogen-bond acceptors (Lipinski definition) is 6. The molecule has 35 heavy (non-hydrogen) atoms. The van der Waals surface area contributed by atoms with Gasteiger partial charge in [-0.1, -0.05) is 47.6 Å². The van der Waals surface area contributed by atoms with Crippen LogP contribution in [0.2, 0.25) is 0 Å². The SMILES string of the molecule is CCOC(=O)[C@@H]1CC[C@H](Nc2ccc(-c3noc(-c4cccc(-c5ccccc5)c4)n3)cc2C)C1. The van der Waals surface area contributed by atoms with Gasteiger partial charge in [0.25, 0.3) is 5.89 Å². The largest absolute Gasteiger partial charge is 0.466 e. The highest BCUT2D eigenvalue weighted by Gasteiger charge is 2.31. The summed E-state index contributed by atoms with van der Waals surface area (Å²) < 4.78 is 10.8. The lowest BCUT2D eigenvalue weighted by Crippen LogP contribution is -2.20. The van der Waals surface area contributed by atoms with Gasteiger partial charge in [-0.15, -0.1) is 0 Å². The van der Waals surface area contributed by atoms with Crippen molar-refractivity contribution in [2.75, 3.05) is 11.9 Å². The molecule has 0 radical (unpaired) electrons. The minimum atomic E-state index is -0.0777. The van der Waals surface area contributed by atoms with Gasteiger partial charge in [0.2, 0.25) is 5.82 Å². The topological polar surface area (TPSA) is 77.2 Å². The molecule has 1 heterocycles. The van der Waals surface area contributed by atoms with Crippen LogP contribution in [0.4, 0.5) is 5.69 Å². The van der Waals surface area contributed by atoms with E-state index in [-0.39, 0.29) is 17.9 Å². The van der Waals surface area contributed by atoms with Crippen LogP contribution < -0.4 is 5.32 Å². The highest BCUT2D eigenvalue weighted by molar-refractivity contribution is 5.73. The fourth-order valence-electron chi connectivity index (χ4n) is 4.69. The number of esters is 1. The smallest absolute Gasteiger partial charge is 0.308 e. The quantitative estimate of drug-likeness (QED) is 0.312. The van der Waals surface area contributed by atoms with Crippen LogP contribution in [0, 0.1) is 12.8 Å². The molecule has 4 aromatic rings. The highest BCUT2D eigenvalue weighted by Crippen LogP contribution is 2.32. The lowest BCUT2D eigenvalue weighted by atomic mass is 10.0. The van der Waals surface area contributed by atoms with Crippen LogP contribution in [-0.2, 0) is 9.53 Å². The van der Waals surface area contributed by atoms with Gasteiger partial charge >= 0.3 is 5.97 Å². The number of nitrogens with one attached hydrogen (secondary N) is 1. The normalized spacial score (nSPS) is 17.3. The molecule has 0 amide bonds. The molecule has 1 aliphatic rings. The van der Waals surface area contributed by atoms with Crippen molar-refractivity contribution < 1.29 is 14.1 Å². The summed E-state index contributed by atoms with van der Waals surface area (Å²) in [7, 11) is 0. The molecular formula is C29H29N3O3. The van der Waals surface area contributed by atoms with E-state index >= 15 is 0 Å². The average Bonchev–Trinajstić information content (AvgIpc) is 3.57. The van der Waals surface area contributed by atoms with Gasteiger partial charge in [-0.2, -0.15) is 4.98 Å². The molecule has 1 saturated carbocycles. The first-order valence-corrected chi connectivity index (χ1v) is 12.1. The molecule has 2 atom stereocenters. The Labute approximate surface area is 205 Å². The average molecular weight is 468 g/mol. The first-order valence-electron chi connectivity index (χ1n) is 12.1. The van der Waals surface area contributed by atoms with Crippen LogP contribution >= 0.6 is 0 Å². The van der Waals surface area contributed by atoms with Gasteiger partial charge in [-0.3, -0.25) is 4.79 Å². The number of ether oxygens (including phenoxy) is 1. The lowest BCUT2D eigenvalue weighted by molar-refractivity contribution is -0.147. The summed E-state index contributed by atoms with van der Waals surface area (Å²) in [5.41, 5.74) is 6.19. The Kier molecular flexibility index (Phi) is 6.62. The fraction of sp³-hybridized carbons (Fsp3) is 0.276. The van der Waals surface area contributed by atoms with Crippen LogP contribution in [0.25, 0.3) is 34.0 Å². The standard InChI is InChI=1S/C29H29N3O3/c1-3-34-29(33)24-12-14-25(18-24)30-26-15-13-22(16-19(26)2)27-31-28(35-32-27)23-11-7-10-21(17-23)20-8-5-4-6-9-20/h4-11,13,15-17,24-25,30H,3,12,14,18H2,1-2H3/t24-,25+/m1/s1. The number of aromatic nitrogens is 2. The van der Waals surface area contributed by atoms with Gasteiger partial charge < -0.3 is 14.6 Å². The summed E-state index contributed by atoms with van der Waals surface area (Å²) in [6.45, 7) is 4.35. The fourth-order valence-corrected chi connectivity index (χ4v) is 4.69. The van der Waals surface area contributed by atoms with Crippen molar-refractivity contribution in [3.05, 3.63) is 78.4 Å². The maximum Gasteiger partial charge on any atom is 0.308 e. The van der Waals surface area contributed by atoms with Crippen LogP contribution in [-0.4, -0.2) is 28.8 Å². The molecule has 1 fully saturated rings. The van der Waals surface area contributed by atoms with Gasteiger partial charge in [0, 0.05) is 22.9 Å². The van der Waals surface area contributed by atoms with E-state index in [0.29, 0.717) is 18.3 Å². The number of hydrogen-bond donors (Lipinski definition) is 1. The predicted molar refractivity (Wildman–Crippen MR) is 137 cm³/mol. The van der Waals surface area contributed by atoms with Crippen LogP contribution in [0.1, 0.15) is 31.7 Å². The first kappa shape index (κ1) is 22.8. The molecule has 0 saturated heterocycles. The number of nitrogens with zero attached hydrogens (tertiary/aromatic N) is 2. The van der Waals surface area contributed by atoms with Crippen molar-refractivity contribution >= 4 is 11.7 Å². The molecule has 1 aliphatic carbocycles. The van der Waals surface area contributed by atoms with E-state index in [4.69, 9.17) is 9.26 Å². The van der Waals surface area contributed by atoms with E-state index in [0.717, 1.165) is 52.8 Å². The van der Waals surface area contributed by atoms with E-state index in [1.54, 1.807) is 0 Å². The van der Waals surface area contributed by atoms with Crippen molar-refractivity contribution in [2.45, 2.75) is 39.2 Å². The van der Waals surface area contributed by atoms with E-state index in [2.05, 4.69) is 58.8 Å². The summed E-state index contributed by atoms with van der Waals surface area (Å²) in [5.74, 6) is 0.966. The Morgan fingerprint density at radius 3 is 2.57 bits per heavy atom. The minimum Gasteiger partial charge on any atom is -0.466 e. The summed E-state index contributed by atoms with van der Waals surface area (Å²) >= 11 is 0. The zero-order chi connectivity index (χ0) is 24.2. The van der Waals surface area contributed by atoms with E-state index in [1.165, 1.54) is 0 Å². The summed E-state index contributed by atoms with van der Waals surface area (Å²) in [6, 6.07) is 24.7. The van der Waals surface area contributed by atoms with Crippen molar-refractivity contribution in [3.63, 3.8) is 0 Å². The van der Waals surface area contributed by atoms with E-state index in [9.17, 15) is 4.79 Å². The first-order chi connectivity index (χ1) is 17.1. The maximum absolute atomic E-state index is 12.0. The zero-order valence-corrected chi connectivity index (χ0v) is 20.0. The summed E-state index contributed by atoms with van der Waals surface area (Å²) in [6.07, 6.45) is 2.63. The second kappa shape index (κ2) is 10.1. The van der Waals surface area contributed by atoms with Crippen LogP contribution in [0.3, 0.4) is 0 Å². The third kappa shape index (κ3) is 5.11. The number of anilines is 1. The minimum absolute atomic E-state index is 0.00910. The predicted octanol–water partition coefficient (Wildman–Crippen LogP) is 6.52. The van der Waals surface area contributed by atoms with Crippen LogP contribution in [0.5, 0.6) is 0 Å². The Morgan fingerprint density at radius 1 is 0.971 bits per heavy atom. The van der Waals surface area contributed by atoms with E-state index < -0.39 is 0 Å². The van der Waals surface area contributed by atoms with Crippen molar-refractivity contribution in [1.82, 2.24) is 10.1 Å². The molecule has 0 unspecified atom stereocenters. The molecule has 178 valence electrons. The number of aryl methyl sites for hydroxylation is 1. The van der Waals surface area contributed by atoms with Crippen molar-refractivity contribution in [3.8, 4) is 34.0 Å². The maximum atomic E-state index is 12.0. The molecule has 5 rings (SSSR count). The number of carbonyl (C=O) groups excluding carboxylic acids is 1. The second-order valence-corrected chi connectivity index (χ2v) is 9.00. The zero-order valence-electron chi connectivity index (χ0n) is 20.0. The molecule has 0 spiro atoms. The van der Waals surface area contributed by atoms with Gasteiger partial charge in [-0.25, -0.2) is 0 Å². The summed E-state index contributed by atoms with van der Waals surface area (Å²) in [5, 5.41) is 7.82. The molecule has 6 heteroatoms. The highest BCUT2D eigenvalue weighted by atomic mass is 16.5. The van der Waals surface area contributed by atoms with Gasteiger partial charge in [0.1, 0.15) is 0 Å². The molecule has 1 aromatic heterocycles. The lowest BCUT2D eigenvalue weighted by Gasteiger charge is -2.17. The molecular weight excluding hydrogens is 438 g/mol. The van der Waals surface area contributed by atoms with Crippen LogP contribution in [0.15, 0.2) is 77.3 Å². The van der Waals surface area contributed by atoms with Gasteiger partial charge in [-0.05, 0) is 80.1 Å². The third-order valence-electron chi connectivity index (χ3n) is 6.54.